The van der Waals surface area contributed by atoms with E-state index in [1.165, 1.54) is 0 Å². The number of halogens is 4. The van der Waals surface area contributed by atoms with Crippen LogP contribution in [0.1, 0.15) is 31.7 Å². The topological polar surface area (TPSA) is 261 Å². The van der Waals surface area contributed by atoms with Gasteiger partial charge in [0.05, 0.1) is 50.3 Å². The Morgan fingerprint density at radius 3 is 1.73 bits per heavy atom. The zero-order chi connectivity index (χ0) is 41.2. The summed E-state index contributed by atoms with van der Waals surface area (Å²) in [5.41, 5.74) is -2.86. The summed E-state index contributed by atoms with van der Waals surface area (Å²) >= 11 is 5.67. The molecule has 0 saturated heterocycles. The molecule has 1 aliphatic rings. The third-order valence-corrected chi connectivity index (χ3v) is 9.39. The molecule has 3 rings (SSSR count). The van der Waals surface area contributed by atoms with Crippen LogP contribution in [0, 0.1) is 5.92 Å². The van der Waals surface area contributed by atoms with Gasteiger partial charge in [-0.2, -0.15) is 13.2 Å². The summed E-state index contributed by atoms with van der Waals surface area (Å²) < 4.78 is 41.3. The number of carbonyl (C=O) groups excluding carboxylic acids is 1. The number of H-pyrrole nitrogens is 1. The lowest BCUT2D eigenvalue weighted by Crippen LogP contribution is -2.59. The molecule has 0 bridgehead atoms. The molecule has 0 spiro atoms. The van der Waals surface area contributed by atoms with Crippen LogP contribution in [0.3, 0.4) is 0 Å². The molecule has 1 unspecified atom stereocenters. The number of aliphatic carboxylic acids is 5. The molecular formula is C33H42ClF3N6O12. The van der Waals surface area contributed by atoms with Crippen LogP contribution in [0.4, 0.5) is 18.9 Å². The maximum absolute atomic E-state index is 13.8. The first-order valence-electron chi connectivity index (χ1n) is 16.9. The van der Waals surface area contributed by atoms with E-state index < -0.39 is 115 Å². The maximum atomic E-state index is 13.8. The molecule has 1 aliphatic carbocycles. The number of pyridine rings is 1. The van der Waals surface area contributed by atoms with Crippen molar-refractivity contribution in [3.05, 3.63) is 39.1 Å². The summed E-state index contributed by atoms with van der Waals surface area (Å²) in [6, 6.07) is 2.02. The smallest absolute Gasteiger partial charge is 0.418 e. The van der Waals surface area contributed by atoms with E-state index >= 15 is 0 Å². The van der Waals surface area contributed by atoms with Gasteiger partial charge < -0.3 is 35.8 Å². The molecule has 1 heterocycles. The fraction of sp³-hybridized carbons (Fsp3) is 0.545. The van der Waals surface area contributed by atoms with Crippen molar-refractivity contribution in [2.75, 3.05) is 70.8 Å². The number of anilines is 1. The minimum absolute atomic E-state index is 0.0137. The van der Waals surface area contributed by atoms with Gasteiger partial charge in [0.1, 0.15) is 5.02 Å². The van der Waals surface area contributed by atoms with Gasteiger partial charge in [0.2, 0.25) is 5.91 Å². The number of hydrogen-bond donors (Lipinski definition) is 7. The van der Waals surface area contributed by atoms with Gasteiger partial charge in [0.15, 0.2) is 0 Å². The van der Waals surface area contributed by atoms with Gasteiger partial charge in [0, 0.05) is 49.3 Å². The zero-order valence-electron chi connectivity index (χ0n) is 29.6. The van der Waals surface area contributed by atoms with Crippen LogP contribution in [0.15, 0.2) is 23.0 Å². The molecule has 0 radical (unpaired) electrons. The van der Waals surface area contributed by atoms with E-state index in [1.807, 2.05) is 6.92 Å². The SMILES string of the molecule is CC1CC[C@H](N(CCN(CC(=O)O)CC(=O)O)CC(=O)Nc2ccc3c(C(F)(F)F)c(Cl)c(=O)[nH]c3c2)[C@@H](N(CCN(CC(=O)O)CC(=O)O)CC(=O)O)C1. The number of aromatic amines is 1. The van der Waals surface area contributed by atoms with Crippen molar-refractivity contribution < 1.29 is 67.5 Å². The Kier molecular flexibility index (Phi) is 15.9. The second kappa shape index (κ2) is 19.7. The number of amides is 1. The van der Waals surface area contributed by atoms with Crippen molar-refractivity contribution in [3.8, 4) is 0 Å². The van der Waals surface area contributed by atoms with Crippen molar-refractivity contribution in [2.24, 2.45) is 5.92 Å². The highest BCUT2D eigenvalue weighted by Gasteiger charge is 2.39. The molecule has 304 valence electrons. The van der Waals surface area contributed by atoms with E-state index in [0.717, 1.165) is 28.0 Å². The first kappa shape index (κ1) is 44.6. The number of fused-ring (bicyclic) bond motifs is 1. The summed E-state index contributed by atoms with van der Waals surface area (Å²) in [7, 11) is 0. The Morgan fingerprint density at radius 2 is 1.25 bits per heavy atom. The van der Waals surface area contributed by atoms with E-state index in [-0.39, 0.29) is 43.3 Å². The molecule has 1 aromatic heterocycles. The van der Waals surface area contributed by atoms with E-state index in [4.69, 9.17) is 11.6 Å². The number of carbonyl (C=O) groups is 6. The van der Waals surface area contributed by atoms with Gasteiger partial charge >= 0.3 is 36.0 Å². The molecule has 0 aliphatic heterocycles. The quantitative estimate of drug-likeness (QED) is 0.0939. The summed E-state index contributed by atoms with van der Waals surface area (Å²) in [4.78, 5) is 91.4. The van der Waals surface area contributed by atoms with Crippen molar-refractivity contribution >= 4 is 63.9 Å². The molecule has 1 aromatic carbocycles. The Balaban J connectivity index is 1.99. The van der Waals surface area contributed by atoms with E-state index in [2.05, 4.69) is 10.3 Å². The van der Waals surface area contributed by atoms with Crippen LogP contribution < -0.4 is 10.9 Å². The van der Waals surface area contributed by atoms with Crippen LogP contribution in [0.5, 0.6) is 0 Å². The lowest BCUT2D eigenvalue weighted by Gasteiger charge is -2.46. The number of nitrogens with zero attached hydrogens (tertiary/aromatic N) is 4. The predicted octanol–water partition coefficient (Wildman–Crippen LogP) is 1.33. The second-order valence-electron chi connectivity index (χ2n) is 13.3. The molecular weight excluding hydrogens is 765 g/mol. The third kappa shape index (κ3) is 13.8. The second-order valence-corrected chi connectivity index (χ2v) is 13.7. The Hall–Kier alpha value is -4.83. The average Bonchev–Trinajstić information content (AvgIpc) is 3.03. The average molecular weight is 807 g/mol. The summed E-state index contributed by atoms with van der Waals surface area (Å²) in [6.45, 7) is -2.20. The van der Waals surface area contributed by atoms with Crippen molar-refractivity contribution in [3.63, 3.8) is 0 Å². The highest BCUT2D eigenvalue weighted by molar-refractivity contribution is 6.32. The number of carboxylic acid groups (broad SMARTS) is 5. The maximum Gasteiger partial charge on any atom is 0.418 e. The number of hydrogen-bond acceptors (Lipinski definition) is 11. The van der Waals surface area contributed by atoms with E-state index in [9.17, 15) is 72.3 Å². The largest absolute Gasteiger partial charge is 0.480 e. The minimum atomic E-state index is -4.97. The molecule has 1 saturated carbocycles. The molecule has 3 atom stereocenters. The normalized spacial score (nSPS) is 17.6. The highest BCUT2D eigenvalue weighted by atomic mass is 35.5. The van der Waals surface area contributed by atoms with Gasteiger partial charge in [-0.15, -0.1) is 0 Å². The fourth-order valence-electron chi connectivity index (χ4n) is 6.80. The molecule has 1 amide bonds. The standard InChI is InChI=1S/C33H42ClF3N6O12/c1-18-2-5-22(23(10-18)43(17-29(53)54)9-7-41(15-27(49)50)16-28(51)52)42(8-6-40(13-25(45)46)14-26(47)48)12-24(44)38-19-3-4-20-21(11-19)39-32(55)31(34)30(20)33(35,36)37/h3-4,11,18,22-23H,2,5-10,12-17H2,1H3,(H,38,44)(H,39,55)(H,45,46)(H,47,48)(H,49,50)(H,51,52)(H,53,54)/t18?,22-,23-/m0/s1. The summed E-state index contributed by atoms with van der Waals surface area (Å²) in [5, 5.41) is 48.3. The monoisotopic (exact) mass is 806 g/mol. The molecule has 1 fully saturated rings. The van der Waals surface area contributed by atoms with E-state index in [0.29, 0.717) is 19.3 Å². The van der Waals surface area contributed by atoms with Crippen LogP contribution in [0.2, 0.25) is 5.02 Å². The van der Waals surface area contributed by atoms with E-state index in [1.54, 1.807) is 9.80 Å². The van der Waals surface area contributed by atoms with Crippen molar-refractivity contribution in [1.82, 2.24) is 24.6 Å². The first-order valence-corrected chi connectivity index (χ1v) is 17.3. The van der Waals surface area contributed by atoms with Crippen molar-refractivity contribution in [1.29, 1.82) is 0 Å². The molecule has 7 N–H and O–H groups in total. The summed E-state index contributed by atoms with van der Waals surface area (Å²) in [5.74, 6) is -7.18. The van der Waals surface area contributed by atoms with Gasteiger partial charge in [-0.3, -0.25) is 53.2 Å². The molecule has 22 heteroatoms. The predicted molar refractivity (Wildman–Crippen MR) is 188 cm³/mol. The molecule has 55 heavy (non-hydrogen) atoms. The number of rotatable bonds is 21. The van der Waals surface area contributed by atoms with Crippen molar-refractivity contribution in [2.45, 2.75) is 44.4 Å². The highest BCUT2D eigenvalue weighted by Crippen LogP contribution is 2.38. The Labute approximate surface area is 316 Å². The van der Waals surface area contributed by atoms with Gasteiger partial charge in [-0.25, -0.2) is 0 Å². The van der Waals surface area contributed by atoms with Crippen LogP contribution >= 0.6 is 11.6 Å². The molecule has 18 nitrogen and oxygen atoms in total. The van der Waals surface area contributed by atoms with Crippen LogP contribution in [-0.2, 0) is 34.9 Å². The number of carboxylic acids is 5. The minimum Gasteiger partial charge on any atom is -0.480 e. The lowest BCUT2D eigenvalue weighted by atomic mass is 9.81. The Morgan fingerprint density at radius 1 is 0.764 bits per heavy atom. The third-order valence-electron chi connectivity index (χ3n) is 9.03. The fourth-order valence-corrected chi connectivity index (χ4v) is 7.05. The number of nitrogens with one attached hydrogen (secondary N) is 2. The molecule has 2 aromatic rings. The zero-order valence-corrected chi connectivity index (χ0v) is 30.3. The van der Waals surface area contributed by atoms with Gasteiger partial charge in [0.25, 0.3) is 5.56 Å². The Bertz CT molecular complexity index is 1780. The number of aromatic nitrogens is 1. The van der Waals surface area contributed by atoms with Crippen LogP contribution in [-0.4, -0.2) is 163 Å². The van der Waals surface area contributed by atoms with Crippen LogP contribution in [0.25, 0.3) is 10.9 Å². The first-order chi connectivity index (χ1) is 25.6. The number of benzene rings is 1. The van der Waals surface area contributed by atoms with Gasteiger partial charge in [-0.05, 0) is 37.3 Å². The van der Waals surface area contributed by atoms with Gasteiger partial charge in [-0.1, -0.05) is 24.6 Å². The number of alkyl halides is 3. The lowest BCUT2D eigenvalue weighted by molar-refractivity contribution is -0.144. The summed E-state index contributed by atoms with van der Waals surface area (Å²) in [6.07, 6.45) is -3.62.